The van der Waals surface area contributed by atoms with Crippen molar-refractivity contribution in [3.05, 3.63) is 0 Å². The zero-order valence-electron chi connectivity index (χ0n) is 19.4. The second-order valence-corrected chi connectivity index (χ2v) is 10.6. The Hall–Kier alpha value is -0.160. The third-order valence-corrected chi connectivity index (χ3v) is 7.35. The molecule has 0 saturated carbocycles. The molecular formula is C24H49FO3S. The van der Waals surface area contributed by atoms with Crippen molar-refractivity contribution in [1.29, 1.82) is 0 Å². The lowest BCUT2D eigenvalue weighted by atomic mass is 10.0. The van der Waals surface area contributed by atoms with Crippen LogP contribution >= 0.6 is 0 Å². The molecule has 1 unspecified atom stereocenters. The topological polar surface area (TPSA) is 54.4 Å². The molecule has 0 amide bonds. The smallest absolute Gasteiger partial charge is 0.283 e. The number of unbranched alkanes of at least 4 members (excludes halogenated alkanes) is 17. The van der Waals surface area contributed by atoms with E-state index in [0.717, 1.165) is 38.5 Å². The maximum absolute atomic E-state index is 14.9. The van der Waals surface area contributed by atoms with E-state index in [1.54, 1.807) is 0 Å². The molecule has 0 spiro atoms. The van der Waals surface area contributed by atoms with Crippen molar-refractivity contribution in [2.75, 3.05) is 0 Å². The Labute approximate surface area is 181 Å². The summed E-state index contributed by atoms with van der Waals surface area (Å²) in [6.45, 7) is 4.42. The van der Waals surface area contributed by atoms with Gasteiger partial charge in [0.1, 0.15) is 0 Å². The lowest BCUT2D eigenvalue weighted by molar-refractivity contribution is 0.203. The van der Waals surface area contributed by atoms with Crippen LogP contribution < -0.4 is 0 Å². The number of hydrogen-bond donors (Lipinski definition) is 1. The van der Waals surface area contributed by atoms with Crippen molar-refractivity contribution in [2.45, 2.75) is 154 Å². The molecule has 0 saturated heterocycles. The van der Waals surface area contributed by atoms with E-state index in [1.807, 2.05) is 0 Å². The van der Waals surface area contributed by atoms with Gasteiger partial charge in [-0.05, 0) is 25.7 Å². The van der Waals surface area contributed by atoms with E-state index in [1.165, 1.54) is 70.6 Å². The largest absolute Gasteiger partial charge is 0.300 e. The molecule has 0 aromatic rings. The molecule has 0 aliphatic carbocycles. The monoisotopic (exact) mass is 436 g/mol. The van der Waals surface area contributed by atoms with Crippen molar-refractivity contribution in [3.8, 4) is 0 Å². The van der Waals surface area contributed by atoms with Gasteiger partial charge >= 0.3 is 0 Å². The minimum absolute atomic E-state index is 0.0701. The average molecular weight is 437 g/mol. The van der Waals surface area contributed by atoms with Crippen LogP contribution in [0.3, 0.4) is 0 Å². The van der Waals surface area contributed by atoms with Crippen LogP contribution in [0.4, 0.5) is 4.39 Å². The first-order valence-electron chi connectivity index (χ1n) is 12.5. The van der Waals surface area contributed by atoms with Crippen molar-refractivity contribution in [3.63, 3.8) is 0 Å². The van der Waals surface area contributed by atoms with E-state index in [2.05, 4.69) is 13.8 Å². The zero-order chi connectivity index (χ0) is 21.8. The van der Waals surface area contributed by atoms with Crippen molar-refractivity contribution < 1.29 is 17.4 Å². The summed E-state index contributed by atoms with van der Waals surface area (Å²) < 4.78 is 47.5. The maximum atomic E-state index is 14.9. The maximum Gasteiger partial charge on any atom is 0.300 e. The van der Waals surface area contributed by atoms with Gasteiger partial charge < -0.3 is 0 Å². The van der Waals surface area contributed by atoms with E-state index in [4.69, 9.17) is 0 Å². The third kappa shape index (κ3) is 16.2. The highest BCUT2D eigenvalue weighted by Gasteiger charge is 2.42. The van der Waals surface area contributed by atoms with Gasteiger partial charge in [-0.25, -0.2) is 4.39 Å². The van der Waals surface area contributed by atoms with Crippen LogP contribution in [0.1, 0.15) is 149 Å². The number of alkyl halides is 1. The fraction of sp³-hybridized carbons (Fsp3) is 1.00. The molecule has 3 nitrogen and oxygen atoms in total. The van der Waals surface area contributed by atoms with E-state index >= 15 is 0 Å². The Balaban J connectivity index is 3.86. The van der Waals surface area contributed by atoms with E-state index in [0.29, 0.717) is 12.8 Å². The van der Waals surface area contributed by atoms with Crippen molar-refractivity contribution >= 4 is 10.1 Å². The molecule has 0 bridgehead atoms. The predicted molar refractivity (Wildman–Crippen MR) is 124 cm³/mol. The van der Waals surface area contributed by atoms with Crippen LogP contribution in [-0.2, 0) is 10.1 Å². The molecule has 0 aromatic heterocycles. The first-order valence-corrected chi connectivity index (χ1v) is 14.0. The summed E-state index contributed by atoms with van der Waals surface area (Å²) in [7, 11) is -4.65. The molecule has 0 aliphatic rings. The first-order chi connectivity index (χ1) is 13.9. The minimum Gasteiger partial charge on any atom is -0.283 e. The summed E-state index contributed by atoms with van der Waals surface area (Å²) in [4.78, 5) is 0. The van der Waals surface area contributed by atoms with Crippen LogP contribution in [0.2, 0.25) is 0 Å². The highest BCUT2D eigenvalue weighted by Crippen LogP contribution is 2.32. The van der Waals surface area contributed by atoms with Crippen molar-refractivity contribution in [2.24, 2.45) is 0 Å². The van der Waals surface area contributed by atoms with Crippen molar-refractivity contribution in [1.82, 2.24) is 0 Å². The van der Waals surface area contributed by atoms with Gasteiger partial charge in [0.25, 0.3) is 10.1 Å². The Morgan fingerprint density at radius 2 is 0.793 bits per heavy atom. The molecule has 0 rings (SSSR count). The predicted octanol–water partition coefficient (Wildman–Crippen LogP) is 8.77. The molecule has 176 valence electrons. The number of rotatable bonds is 22. The lowest BCUT2D eigenvalue weighted by Gasteiger charge is -2.22. The van der Waals surface area contributed by atoms with Gasteiger partial charge in [0, 0.05) is 0 Å². The molecule has 1 N–H and O–H groups in total. The van der Waals surface area contributed by atoms with Crippen LogP contribution in [-0.4, -0.2) is 18.0 Å². The van der Waals surface area contributed by atoms with Crippen LogP contribution in [0.15, 0.2) is 0 Å². The van der Waals surface area contributed by atoms with Gasteiger partial charge in [-0.3, -0.25) is 4.55 Å². The van der Waals surface area contributed by atoms with Gasteiger partial charge in [-0.1, -0.05) is 123 Å². The average Bonchev–Trinajstić information content (AvgIpc) is 2.67. The zero-order valence-corrected chi connectivity index (χ0v) is 20.2. The molecule has 5 heteroatoms. The Bertz CT molecular complexity index is 453. The van der Waals surface area contributed by atoms with Crippen LogP contribution in [0, 0.1) is 0 Å². The minimum atomic E-state index is -4.65. The quantitative estimate of drug-likeness (QED) is 0.136. The first kappa shape index (κ1) is 28.8. The van der Waals surface area contributed by atoms with E-state index in [9.17, 15) is 17.4 Å². The summed E-state index contributed by atoms with van der Waals surface area (Å²) >= 11 is 0. The Morgan fingerprint density at radius 1 is 0.552 bits per heavy atom. The lowest BCUT2D eigenvalue weighted by Crippen LogP contribution is -2.33. The summed E-state index contributed by atoms with van der Waals surface area (Å²) in [6.07, 6.45) is 20.8. The summed E-state index contributed by atoms with van der Waals surface area (Å²) in [6, 6.07) is 0. The fourth-order valence-corrected chi connectivity index (χ4v) is 4.76. The molecule has 29 heavy (non-hydrogen) atoms. The van der Waals surface area contributed by atoms with Gasteiger partial charge in [-0.2, -0.15) is 8.42 Å². The Morgan fingerprint density at radius 3 is 1.03 bits per heavy atom. The highest BCUT2D eigenvalue weighted by molar-refractivity contribution is 7.87. The SMILES string of the molecule is CCCCCCCCCCCCC(F)(CCCCCCCCCCC)S(=O)(=O)O. The summed E-state index contributed by atoms with van der Waals surface area (Å²) in [5.41, 5.74) is 0. The van der Waals surface area contributed by atoms with E-state index in [-0.39, 0.29) is 12.8 Å². The van der Waals surface area contributed by atoms with Gasteiger partial charge in [0.2, 0.25) is 5.00 Å². The van der Waals surface area contributed by atoms with Crippen LogP contribution in [0.25, 0.3) is 0 Å². The van der Waals surface area contributed by atoms with Gasteiger partial charge in [-0.15, -0.1) is 0 Å². The molecule has 0 aromatic carbocycles. The van der Waals surface area contributed by atoms with Gasteiger partial charge in [0.05, 0.1) is 0 Å². The van der Waals surface area contributed by atoms with Crippen LogP contribution in [0.5, 0.6) is 0 Å². The number of halogens is 1. The summed E-state index contributed by atoms with van der Waals surface area (Å²) in [5.74, 6) is 0. The molecular weight excluding hydrogens is 387 g/mol. The summed E-state index contributed by atoms with van der Waals surface area (Å²) in [5, 5.41) is -2.45. The third-order valence-electron chi connectivity index (χ3n) is 6.02. The fourth-order valence-electron chi connectivity index (χ4n) is 3.96. The highest BCUT2D eigenvalue weighted by atomic mass is 32.2. The second kappa shape index (κ2) is 18.6. The molecule has 0 heterocycles. The standard InChI is InChI=1S/C24H49FO3S/c1-3-5-7-9-11-13-15-17-19-21-23-24(25,29(26,27)28)22-20-18-16-14-12-10-8-6-4-2/h3-23H2,1-2H3,(H,26,27,28). The normalized spacial score (nSPS) is 14.2. The Kier molecular flexibility index (Phi) is 18.5. The molecule has 1 atom stereocenters. The second-order valence-electron chi connectivity index (χ2n) is 8.87. The van der Waals surface area contributed by atoms with E-state index < -0.39 is 15.1 Å². The molecule has 0 radical (unpaired) electrons. The molecule has 0 fully saturated rings. The number of hydrogen-bond acceptors (Lipinski definition) is 2. The van der Waals surface area contributed by atoms with Gasteiger partial charge in [0.15, 0.2) is 0 Å². The molecule has 0 aliphatic heterocycles.